The van der Waals surface area contributed by atoms with Crippen molar-refractivity contribution in [3.63, 3.8) is 0 Å². The second-order valence-corrected chi connectivity index (χ2v) is 10.8. The summed E-state index contributed by atoms with van der Waals surface area (Å²) in [5.74, 6) is -0.471. The monoisotopic (exact) mass is 543 g/mol. The van der Waals surface area contributed by atoms with Crippen LogP contribution in [0.2, 0.25) is 10.0 Å². The van der Waals surface area contributed by atoms with E-state index in [2.05, 4.69) is 9.97 Å². The third-order valence-corrected chi connectivity index (χ3v) is 6.29. The predicted molar refractivity (Wildman–Crippen MR) is 143 cm³/mol. The number of nitrogens with two attached hydrogens (primary N) is 1. The lowest BCUT2D eigenvalue weighted by Gasteiger charge is -2.26. The fraction of sp³-hybridized carbons (Fsp3) is 0.200. The number of primary amides is 1. The van der Waals surface area contributed by atoms with E-state index in [1.807, 2.05) is 60.1 Å². The molecule has 8 nitrogen and oxygen atoms in total. The molecule has 2 aromatic carbocycles. The minimum Gasteiger partial charge on any atom is -0.459 e. The molecule has 0 saturated heterocycles. The fourth-order valence-electron chi connectivity index (χ4n) is 3.43. The highest BCUT2D eigenvalue weighted by Crippen LogP contribution is 2.34. The Hall–Kier alpha value is -3.27. The van der Waals surface area contributed by atoms with Crippen LogP contribution >= 0.6 is 35.1 Å². The van der Waals surface area contributed by atoms with Crippen molar-refractivity contribution in [1.29, 1.82) is 0 Å². The van der Waals surface area contributed by atoms with Crippen LogP contribution in [0.4, 0.5) is 5.69 Å². The minimum atomic E-state index is -0.639. The molecule has 4 aromatic rings. The van der Waals surface area contributed by atoms with E-state index < -0.39 is 11.5 Å². The average Bonchev–Trinajstić information content (AvgIpc) is 3.20. The summed E-state index contributed by atoms with van der Waals surface area (Å²) in [6.07, 6.45) is 4.68. The van der Waals surface area contributed by atoms with Crippen molar-refractivity contribution in [3.8, 4) is 5.82 Å². The number of carbonyl (C=O) groups is 2. The molecule has 0 fully saturated rings. The summed E-state index contributed by atoms with van der Waals surface area (Å²) in [6, 6.07) is 12.9. The molecule has 2 heterocycles. The Morgan fingerprint density at radius 2 is 1.78 bits per heavy atom. The first-order valence-electron chi connectivity index (χ1n) is 10.9. The molecule has 0 spiro atoms. The van der Waals surface area contributed by atoms with Gasteiger partial charge in [0, 0.05) is 32.2 Å². The van der Waals surface area contributed by atoms with Crippen LogP contribution < -0.4 is 10.0 Å². The highest BCUT2D eigenvalue weighted by molar-refractivity contribution is 8.00. The maximum atomic E-state index is 12.7. The first-order chi connectivity index (χ1) is 17.0. The first-order valence-corrected chi connectivity index (χ1v) is 12.4. The average molecular weight is 544 g/mol. The van der Waals surface area contributed by atoms with Gasteiger partial charge < -0.3 is 14.8 Å². The van der Waals surface area contributed by atoms with Gasteiger partial charge in [-0.05, 0) is 75.2 Å². The van der Waals surface area contributed by atoms with E-state index >= 15 is 0 Å². The van der Waals surface area contributed by atoms with Crippen LogP contribution in [0.25, 0.3) is 16.7 Å². The minimum absolute atomic E-state index is 0.00165. The number of hydrogen-bond acceptors (Lipinski definition) is 7. The van der Waals surface area contributed by atoms with Crippen LogP contribution in [0.1, 0.15) is 31.3 Å². The zero-order chi connectivity index (χ0) is 26.0. The number of amides is 1. The van der Waals surface area contributed by atoms with Crippen molar-refractivity contribution in [1.82, 2.24) is 14.5 Å². The summed E-state index contributed by atoms with van der Waals surface area (Å²) >= 11 is 13.7. The Kier molecular flexibility index (Phi) is 7.44. The van der Waals surface area contributed by atoms with Gasteiger partial charge in [-0.25, -0.2) is 9.97 Å². The van der Waals surface area contributed by atoms with Gasteiger partial charge in [0.1, 0.15) is 17.8 Å². The standard InChI is InChI=1S/C25H23Cl2N5O3S/c1-25(2,3)35-23(33)14-32(36-19-10-16(26)9-17(27)11-19)18-4-5-21-15(8-18)6-7-31(21)22-13-29-20(12-30-22)24(28)34/h4-13H,14H2,1-3H3,(H2,28,34). The van der Waals surface area contributed by atoms with Gasteiger partial charge in [0.2, 0.25) is 0 Å². The zero-order valence-corrected chi connectivity index (χ0v) is 22.1. The lowest BCUT2D eigenvalue weighted by Crippen LogP contribution is -2.31. The van der Waals surface area contributed by atoms with Crippen LogP contribution in [0.3, 0.4) is 0 Å². The number of rotatable bonds is 7. The van der Waals surface area contributed by atoms with Crippen molar-refractivity contribution in [3.05, 3.63) is 76.8 Å². The summed E-state index contributed by atoms with van der Waals surface area (Å²) in [6.45, 7) is 5.48. The lowest BCUT2D eigenvalue weighted by molar-refractivity contribution is -0.152. The molecule has 2 N–H and O–H groups in total. The number of fused-ring (bicyclic) bond motifs is 1. The number of benzene rings is 2. The Balaban J connectivity index is 1.67. The molecule has 0 unspecified atom stereocenters. The first kappa shape index (κ1) is 25.8. The Labute approximate surface area is 222 Å². The highest BCUT2D eigenvalue weighted by atomic mass is 35.5. The van der Waals surface area contributed by atoms with Gasteiger partial charge in [-0.3, -0.25) is 14.2 Å². The zero-order valence-electron chi connectivity index (χ0n) is 19.7. The summed E-state index contributed by atoms with van der Waals surface area (Å²) < 4.78 is 9.23. The molecule has 36 heavy (non-hydrogen) atoms. The van der Waals surface area contributed by atoms with E-state index in [0.29, 0.717) is 15.9 Å². The normalized spacial score (nSPS) is 11.5. The molecule has 186 valence electrons. The smallest absolute Gasteiger partial charge is 0.327 e. The number of esters is 1. The second kappa shape index (κ2) is 10.4. The molecular formula is C25H23Cl2N5O3S. The van der Waals surface area contributed by atoms with Crippen LogP contribution in [0.5, 0.6) is 0 Å². The van der Waals surface area contributed by atoms with E-state index in [9.17, 15) is 9.59 Å². The van der Waals surface area contributed by atoms with Gasteiger partial charge in [0.25, 0.3) is 5.91 Å². The summed E-state index contributed by atoms with van der Waals surface area (Å²) in [7, 11) is 0. The highest BCUT2D eigenvalue weighted by Gasteiger charge is 2.21. The molecule has 4 rings (SSSR count). The number of halogens is 2. The third kappa shape index (κ3) is 6.29. The molecule has 0 aliphatic carbocycles. The van der Waals surface area contributed by atoms with E-state index in [0.717, 1.165) is 21.5 Å². The Morgan fingerprint density at radius 1 is 1.06 bits per heavy atom. The second-order valence-electron chi connectivity index (χ2n) is 8.87. The third-order valence-electron chi connectivity index (χ3n) is 4.84. The van der Waals surface area contributed by atoms with Gasteiger partial charge >= 0.3 is 5.97 Å². The van der Waals surface area contributed by atoms with E-state index in [-0.39, 0.29) is 18.2 Å². The number of hydrogen-bond donors (Lipinski definition) is 1. The van der Waals surface area contributed by atoms with E-state index in [1.54, 1.807) is 18.2 Å². The molecule has 0 aliphatic heterocycles. The molecular weight excluding hydrogens is 521 g/mol. The van der Waals surface area contributed by atoms with Gasteiger partial charge in [-0.2, -0.15) is 0 Å². The van der Waals surface area contributed by atoms with Gasteiger partial charge in [0.05, 0.1) is 17.9 Å². The van der Waals surface area contributed by atoms with Crippen molar-refractivity contribution in [2.24, 2.45) is 5.73 Å². The quantitative estimate of drug-likeness (QED) is 0.236. The number of aromatic nitrogens is 3. The summed E-state index contributed by atoms with van der Waals surface area (Å²) in [4.78, 5) is 33.1. The molecule has 0 bridgehead atoms. The molecule has 0 aliphatic rings. The summed E-state index contributed by atoms with van der Waals surface area (Å²) in [5, 5.41) is 1.91. The number of carbonyl (C=O) groups excluding carboxylic acids is 2. The molecule has 11 heteroatoms. The molecule has 1 amide bonds. The van der Waals surface area contributed by atoms with Crippen molar-refractivity contribution < 1.29 is 14.3 Å². The van der Waals surface area contributed by atoms with Crippen LogP contribution in [-0.2, 0) is 9.53 Å². The van der Waals surface area contributed by atoms with Crippen LogP contribution in [-0.4, -0.2) is 38.6 Å². The molecule has 2 aromatic heterocycles. The molecule has 0 radical (unpaired) electrons. The topological polar surface area (TPSA) is 103 Å². The van der Waals surface area contributed by atoms with Gasteiger partial charge in [-0.1, -0.05) is 23.2 Å². The van der Waals surface area contributed by atoms with Crippen LogP contribution in [0, 0.1) is 0 Å². The fourth-order valence-corrected chi connectivity index (χ4v) is 5.09. The largest absolute Gasteiger partial charge is 0.459 e. The van der Waals surface area contributed by atoms with Crippen molar-refractivity contribution in [2.75, 3.05) is 10.8 Å². The maximum absolute atomic E-state index is 12.7. The molecule has 0 atom stereocenters. The number of ether oxygens (including phenoxy) is 1. The van der Waals surface area contributed by atoms with E-state index in [4.69, 9.17) is 33.7 Å². The number of nitrogens with zero attached hydrogens (tertiary/aromatic N) is 4. The van der Waals surface area contributed by atoms with Gasteiger partial charge in [0.15, 0.2) is 5.82 Å². The van der Waals surface area contributed by atoms with Crippen molar-refractivity contribution in [2.45, 2.75) is 31.3 Å². The van der Waals surface area contributed by atoms with E-state index in [1.165, 1.54) is 24.3 Å². The predicted octanol–water partition coefficient (Wildman–Crippen LogP) is 5.68. The summed E-state index contributed by atoms with van der Waals surface area (Å²) in [5.41, 5.74) is 6.38. The van der Waals surface area contributed by atoms with Gasteiger partial charge in [-0.15, -0.1) is 0 Å². The molecule has 0 saturated carbocycles. The maximum Gasteiger partial charge on any atom is 0.327 e. The Bertz CT molecular complexity index is 1410. The lowest BCUT2D eigenvalue weighted by atomic mass is 10.2. The number of anilines is 1. The Morgan fingerprint density at radius 3 is 2.39 bits per heavy atom. The van der Waals surface area contributed by atoms with Crippen LogP contribution in [0.15, 0.2) is 66.0 Å². The van der Waals surface area contributed by atoms with Crippen molar-refractivity contribution >= 4 is 63.6 Å². The SMILES string of the molecule is CC(C)(C)OC(=O)CN(Sc1cc(Cl)cc(Cl)c1)c1ccc2c(ccn2-c2cnc(C(N)=O)cn2)c1.